The molecule has 0 aliphatic heterocycles. The molecular weight excluding hydrogens is 352 g/mol. The summed E-state index contributed by atoms with van der Waals surface area (Å²) in [5.41, 5.74) is 3.67. The molecule has 0 radical (unpaired) electrons. The van der Waals surface area contributed by atoms with E-state index in [0.29, 0.717) is 5.56 Å². The fraction of sp³-hybridized carbons (Fsp3) is 0.435. The highest BCUT2D eigenvalue weighted by Crippen LogP contribution is 2.22. The van der Waals surface area contributed by atoms with Gasteiger partial charge in [0.2, 0.25) is 0 Å². The van der Waals surface area contributed by atoms with Crippen molar-refractivity contribution in [1.29, 1.82) is 0 Å². The lowest BCUT2D eigenvalue weighted by molar-refractivity contribution is 0.102. The van der Waals surface area contributed by atoms with Crippen LogP contribution in [0.4, 0.5) is 5.69 Å². The van der Waals surface area contributed by atoms with Crippen LogP contribution in [0, 0.1) is 0 Å². The van der Waals surface area contributed by atoms with Crippen molar-refractivity contribution in [3.8, 4) is 5.75 Å². The molecule has 0 spiro atoms. The van der Waals surface area contributed by atoms with E-state index in [9.17, 15) is 4.79 Å². The van der Waals surface area contributed by atoms with E-state index in [0.717, 1.165) is 55.6 Å². The predicted molar refractivity (Wildman–Crippen MR) is 114 cm³/mol. The van der Waals surface area contributed by atoms with Crippen molar-refractivity contribution in [2.75, 3.05) is 39.7 Å². The predicted octanol–water partition coefficient (Wildman–Crippen LogP) is 3.76. The number of rotatable bonds is 11. The molecule has 2 N–H and O–H groups in total. The van der Waals surface area contributed by atoms with Gasteiger partial charge in [-0.1, -0.05) is 12.1 Å². The van der Waals surface area contributed by atoms with Gasteiger partial charge >= 0.3 is 0 Å². The van der Waals surface area contributed by atoms with Gasteiger partial charge in [-0.2, -0.15) is 0 Å². The van der Waals surface area contributed by atoms with Crippen molar-refractivity contribution in [3.05, 3.63) is 59.2 Å². The number of carbonyl (C=O) groups is 1. The van der Waals surface area contributed by atoms with Gasteiger partial charge in [0.15, 0.2) is 0 Å². The maximum Gasteiger partial charge on any atom is 0.255 e. The van der Waals surface area contributed by atoms with Crippen LogP contribution in [0.3, 0.4) is 0 Å². The quantitative estimate of drug-likeness (QED) is 0.579. The van der Waals surface area contributed by atoms with Crippen LogP contribution in [-0.4, -0.2) is 50.3 Å². The summed E-state index contributed by atoms with van der Waals surface area (Å²) < 4.78 is 5.45. The highest BCUT2D eigenvalue weighted by Gasteiger charge is 2.11. The maximum atomic E-state index is 12.7. The number of methoxy groups -OCH3 is 1. The molecule has 28 heavy (non-hydrogen) atoms. The molecule has 2 aromatic rings. The minimum absolute atomic E-state index is 0.121. The number of hydrogen-bond acceptors (Lipinski definition) is 4. The summed E-state index contributed by atoms with van der Waals surface area (Å²) in [7, 11) is 5.77. The molecule has 152 valence electrons. The van der Waals surface area contributed by atoms with E-state index in [1.165, 1.54) is 5.56 Å². The highest BCUT2D eigenvalue weighted by atomic mass is 16.5. The van der Waals surface area contributed by atoms with Gasteiger partial charge in [0.05, 0.1) is 7.11 Å². The minimum Gasteiger partial charge on any atom is -0.496 e. The molecule has 2 rings (SSSR count). The zero-order valence-electron chi connectivity index (χ0n) is 17.2. The molecule has 0 unspecified atom stereocenters. The topological polar surface area (TPSA) is 61.8 Å². The number of benzene rings is 2. The number of amides is 1. The van der Waals surface area contributed by atoms with Crippen molar-refractivity contribution >= 4 is 11.6 Å². The van der Waals surface area contributed by atoms with Crippen LogP contribution < -0.4 is 10.1 Å². The Morgan fingerprint density at radius 1 is 1.04 bits per heavy atom. The summed E-state index contributed by atoms with van der Waals surface area (Å²) >= 11 is 0. The van der Waals surface area contributed by atoms with Gasteiger partial charge in [-0.25, -0.2) is 0 Å². The third-order valence-electron chi connectivity index (χ3n) is 4.68. The van der Waals surface area contributed by atoms with Crippen molar-refractivity contribution in [2.24, 2.45) is 0 Å². The van der Waals surface area contributed by atoms with Crippen molar-refractivity contribution in [1.82, 2.24) is 4.90 Å². The number of carbonyl (C=O) groups excluding carboxylic acids is 1. The molecule has 0 saturated carbocycles. The zero-order valence-corrected chi connectivity index (χ0v) is 17.2. The fourth-order valence-electron chi connectivity index (χ4n) is 3.10. The molecule has 2 aromatic carbocycles. The second kappa shape index (κ2) is 11.5. The van der Waals surface area contributed by atoms with Gasteiger partial charge in [0, 0.05) is 17.9 Å². The molecule has 0 atom stereocenters. The minimum atomic E-state index is -0.121. The van der Waals surface area contributed by atoms with E-state index < -0.39 is 0 Å². The van der Waals surface area contributed by atoms with Gasteiger partial charge in [0.25, 0.3) is 5.91 Å². The SMILES string of the molecule is COc1ccc(C(=O)Nc2ccc(CCCCO)cc2)cc1CCCN(C)C. The van der Waals surface area contributed by atoms with Crippen molar-refractivity contribution < 1.29 is 14.6 Å². The first-order chi connectivity index (χ1) is 13.5. The molecule has 0 fully saturated rings. The van der Waals surface area contributed by atoms with E-state index in [-0.39, 0.29) is 12.5 Å². The van der Waals surface area contributed by atoms with Gasteiger partial charge < -0.3 is 20.1 Å². The summed E-state index contributed by atoms with van der Waals surface area (Å²) in [6, 6.07) is 13.5. The maximum absolute atomic E-state index is 12.7. The van der Waals surface area contributed by atoms with E-state index >= 15 is 0 Å². The van der Waals surface area contributed by atoms with E-state index in [1.807, 2.05) is 36.4 Å². The molecule has 0 aromatic heterocycles. The Morgan fingerprint density at radius 3 is 2.43 bits per heavy atom. The largest absolute Gasteiger partial charge is 0.496 e. The van der Waals surface area contributed by atoms with Gasteiger partial charge in [-0.3, -0.25) is 4.79 Å². The number of aliphatic hydroxyl groups excluding tert-OH is 1. The zero-order chi connectivity index (χ0) is 20.4. The summed E-state index contributed by atoms with van der Waals surface area (Å²) in [5, 5.41) is 11.8. The third-order valence-corrected chi connectivity index (χ3v) is 4.68. The van der Waals surface area contributed by atoms with Gasteiger partial charge in [-0.15, -0.1) is 0 Å². The molecule has 0 saturated heterocycles. The lowest BCUT2D eigenvalue weighted by Gasteiger charge is -2.13. The normalized spacial score (nSPS) is 10.9. The molecule has 1 amide bonds. The van der Waals surface area contributed by atoms with Crippen molar-refractivity contribution in [3.63, 3.8) is 0 Å². The van der Waals surface area contributed by atoms with E-state index in [4.69, 9.17) is 9.84 Å². The lowest BCUT2D eigenvalue weighted by atomic mass is 10.0. The average Bonchev–Trinajstić information content (AvgIpc) is 2.69. The molecule has 0 heterocycles. The number of aryl methyl sites for hydroxylation is 2. The smallest absolute Gasteiger partial charge is 0.255 e. The lowest BCUT2D eigenvalue weighted by Crippen LogP contribution is -2.14. The number of ether oxygens (including phenoxy) is 1. The van der Waals surface area contributed by atoms with Crippen LogP contribution in [0.2, 0.25) is 0 Å². The molecule has 0 bridgehead atoms. The number of aliphatic hydroxyl groups is 1. The van der Waals surface area contributed by atoms with Crippen LogP contribution >= 0.6 is 0 Å². The van der Waals surface area contributed by atoms with Crippen LogP contribution in [0.25, 0.3) is 0 Å². The Morgan fingerprint density at radius 2 is 1.79 bits per heavy atom. The number of nitrogens with one attached hydrogen (secondary N) is 1. The summed E-state index contributed by atoms with van der Waals surface area (Å²) in [6.07, 6.45) is 4.58. The third kappa shape index (κ3) is 6.98. The fourth-order valence-corrected chi connectivity index (χ4v) is 3.10. The number of unbranched alkanes of at least 4 members (excludes halogenated alkanes) is 1. The summed E-state index contributed by atoms with van der Waals surface area (Å²) in [5.74, 6) is 0.701. The van der Waals surface area contributed by atoms with Crippen LogP contribution in [0.1, 0.15) is 40.7 Å². The molecule has 5 heteroatoms. The highest BCUT2D eigenvalue weighted by molar-refractivity contribution is 6.04. The Balaban J connectivity index is 2.00. The molecule has 0 aliphatic rings. The summed E-state index contributed by atoms with van der Waals surface area (Å²) in [6.45, 7) is 1.22. The van der Waals surface area contributed by atoms with Gasteiger partial charge in [-0.05, 0) is 94.2 Å². The number of nitrogens with zero attached hydrogens (tertiary/aromatic N) is 1. The second-order valence-electron chi connectivity index (χ2n) is 7.27. The first kappa shape index (κ1) is 21.9. The van der Waals surface area contributed by atoms with Crippen LogP contribution in [0.15, 0.2) is 42.5 Å². The molecular formula is C23H32N2O3. The van der Waals surface area contributed by atoms with Gasteiger partial charge in [0.1, 0.15) is 5.75 Å². The standard InChI is InChI=1S/C23H32N2O3/c1-25(2)15-6-8-19-17-20(11-14-22(19)28-3)23(27)24-21-12-9-18(10-13-21)7-4-5-16-26/h9-14,17,26H,4-8,15-16H2,1-3H3,(H,24,27). The molecule has 5 nitrogen and oxygen atoms in total. The van der Waals surface area contributed by atoms with E-state index in [1.54, 1.807) is 13.2 Å². The molecule has 0 aliphatic carbocycles. The average molecular weight is 385 g/mol. The second-order valence-corrected chi connectivity index (χ2v) is 7.27. The summed E-state index contributed by atoms with van der Waals surface area (Å²) in [4.78, 5) is 14.8. The van der Waals surface area contributed by atoms with E-state index in [2.05, 4.69) is 24.3 Å². The van der Waals surface area contributed by atoms with Crippen LogP contribution in [-0.2, 0) is 12.8 Å². The first-order valence-electron chi connectivity index (χ1n) is 9.86. The monoisotopic (exact) mass is 384 g/mol. The first-order valence-corrected chi connectivity index (χ1v) is 9.86. The Kier molecular flexibility index (Phi) is 8.98. The Hall–Kier alpha value is -2.37. The Bertz CT molecular complexity index is 742. The van der Waals surface area contributed by atoms with Crippen LogP contribution in [0.5, 0.6) is 5.75 Å². The number of hydrogen-bond donors (Lipinski definition) is 2. The Labute approximate surface area is 168 Å². The number of anilines is 1. The van der Waals surface area contributed by atoms with Crippen molar-refractivity contribution in [2.45, 2.75) is 32.1 Å².